The van der Waals surface area contributed by atoms with Gasteiger partial charge in [0.2, 0.25) is 10.0 Å². The van der Waals surface area contributed by atoms with Crippen molar-refractivity contribution in [3.05, 3.63) is 46.7 Å². The number of carbonyl (C=O) groups excluding carboxylic acids is 1. The van der Waals surface area contributed by atoms with Crippen LogP contribution < -0.4 is 10.0 Å². The highest BCUT2D eigenvalue weighted by Crippen LogP contribution is 2.24. The molecule has 2 N–H and O–H groups in total. The molecular weight excluding hydrogens is 388 g/mol. The monoisotopic (exact) mass is 412 g/mol. The predicted octanol–water partition coefficient (Wildman–Crippen LogP) is 2.74. The summed E-state index contributed by atoms with van der Waals surface area (Å²) in [4.78, 5) is 12.2. The Bertz CT molecular complexity index is 917. The molecule has 0 radical (unpaired) electrons. The molecular formula is C18H25ClN4O3S. The lowest BCUT2D eigenvalue weighted by atomic mass is 10.1. The van der Waals surface area contributed by atoms with Gasteiger partial charge in [-0.25, -0.2) is 13.1 Å². The van der Waals surface area contributed by atoms with Crippen LogP contribution in [0.1, 0.15) is 43.1 Å². The van der Waals surface area contributed by atoms with Crippen molar-refractivity contribution in [1.29, 1.82) is 0 Å². The zero-order chi connectivity index (χ0) is 20.2. The number of aryl methyl sites for hydroxylation is 2. The number of hydrogen-bond acceptors (Lipinski definition) is 4. The van der Waals surface area contributed by atoms with Crippen LogP contribution >= 0.6 is 11.6 Å². The van der Waals surface area contributed by atoms with E-state index in [1.807, 2.05) is 17.8 Å². The third-order valence-electron chi connectivity index (χ3n) is 3.54. The average molecular weight is 413 g/mol. The quantitative estimate of drug-likeness (QED) is 0.684. The lowest BCUT2D eigenvalue weighted by Crippen LogP contribution is -2.40. The molecule has 0 atom stereocenters. The summed E-state index contributed by atoms with van der Waals surface area (Å²) in [5.74, 6) is -0.351. The van der Waals surface area contributed by atoms with E-state index in [0.717, 1.165) is 5.56 Å². The Morgan fingerprint density at radius 2 is 2.00 bits per heavy atom. The summed E-state index contributed by atoms with van der Waals surface area (Å²) in [6, 6.07) is 4.22. The Hall–Kier alpha value is -1.90. The second-order valence-electron chi connectivity index (χ2n) is 7.39. The summed E-state index contributed by atoms with van der Waals surface area (Å²) in [6.45, 7) is 8.29. The van der Waals surface area contributed by atoms with E-state index >= 15 is 0 Å². The molecule has 1 aromatic carbocycles. The number of benzene rings is 1. The van der Waals surface area contributed by atoms with Gasteiger partial charge in [0.05, 0.1) is 11.2 Å². The number of halogens is 1. The molecule has 9 heteroatoms. The van der Waals surface area contributed by atoms with Crippen LogP contribution in [0.15, 0.2) is 35.5 Å². The molecule has 148 valence electrons. The largest absolute Gasteiger partial charge is 0.352 e. The van der Waals surface area contributed by atoms with Crippen molar-refractivity contribution < 1.29 is 13.2 Å². The Morgan fingerprint density at radius 1 is 1.30 bits per heavy atom. The summed E-state index contributed by atoms with van der Waals surface area (Å²) in [7, 11) is -3.84. The first-order valence-electron chi connectivity index (χ1n) is 8.59. The third-order valence-corrected chi connectivity index (χ3v) is 5.77. The van der Waals surface area contributed by atoms with Gasteiger partial charge in [0, 0.05) is 30.4 Å². The number of amides is 1. The first kappa shape index (κ1) is 21.4. The Balaban J connectivity index is 2.02. The molecule has 0 unspecified atom stereocenters. The first-order valence-corrected chi connectivity index (χ1v) is 10.4. The molecule has 2 aromatic rings. The molecule has 0 aliphatic rings. The van der Waals surface area contributed by atoms with Crippen LogP contribution in [0.4, 0.5) is 0 Å². The fraction of sp³-hybridized carbons (Fsp3) is 0.444. The van der Waals surface area contributed by atoms with Gasteiger partial charge < -0.3 is 5.32 Å². The first-order chi connectivity index (χ1) is 12.5. The maximum atomic E-state index is 12.5. The minimum atomic E-state index is -3.84. The van der Waals surface area contributed by atoms with Crippen LogP contribution in [0.2, 0.25) is 5.02 Å². The Morgan fingerprint density at radius 3 is 2.59 bits per heavy atom. The van der Waals surface area contributed by atoms with Crippen molar-refractivity contribution in [2.45, 2.75) is 51.1 Å². The Kier molecular flexibility index (Phi) is 6.67. The predicted molar refractivity (Wildman–Crippen MR) is 105 cm³/mol. The number of rotatable bonds is 7. The van der Waals surface area contributed by atoms with E-state index in [-0.39, 0.29) is 21.4 Å². The molecule has 1 amide bonds. The van der Waals surface area contributed by atoms with E-state index in [0.29, 0.717) is 19.5 Å². The highest BCUT2D eigenvalue weighted by atomic mass is 35.5. The van der Waals surface area contributed by atoms with Gasteiger partial charge in [-0.2, -0.15) is 5.10 Å². The molecule has 1 aromatic heterocycles. The maximum Gasteiger partial charge on any atom is 0.251 e. The molecule has 0 fully saturated rings. The summed E-state index contributed by atoms with van der Waals surface area (Å²) < 4.78 is 29.4. The number of hydrogen-bond donors (Lipinski definition) is 2. The van der Waals surface area contributed by atoms with Crippen molar-refractivity contribution in [2.75, 3.05) is 6.54 Å². The van der Waals surface area contributed by atoms with Gasteiger partial charge in [-0.15, -0.1) is 0 Å². The molecule has 27 heavy (non-hydrogen) atoms. The molecule has 0 aliphatic heterocycles. The normalized spacial score (nSPS) is 12.2. The topological polar surface area (TPSA) is 93.1 Å². The number of sulfonamides is 1. The SMILES string of the molecule is Cc1cnn(CCCNC(=O)c2ccc(Cl)c(S(=O)(=O)NC(C)(C)C)c2)c1. The van der Waals surface area contributed by atoms with E-state index in [1.54, 1.807) is 27.0 Å². The third kappa shape index (κ3) is 6.34. The summed E-state index contributed by atoms with van der Waals surface area (Å²) >= 11 is 6.05. The molecule has 0 aliphatic carbocycles. The van der Waals surface area contributed by atoms with Gasteiger partial charge in [0.15, 0.2) is 0 Å². The van der Waals surface area contributed by atoms with Crippen molar-refractivity contribution in [3.63, 3.8) is 0 Å². The maximum absolute atomic E-state index is 12.5. The number of nitrogens with one attached hydrogen (secondary N) is 2. The van der Waals surface area contributed by atoms with Gasteiger partial charge in [0.1, 0.15) is 4.90 Å². The lowest BCUT2D eigenvalue weighted by Gasteiger charge is -2.21. The van der Waals surface area contributed by atoms with Crippen molar-refractivity contribution in [1.82, 2.24) is 19.8 Å². The van der Waals surface area contributed by atoms with E-state index in [2.05, 4.69) is 15.1 Å². The molecule has 1 heterocycles. The van der Waals surface area contributed by atoms with E-state index in [1.165, 1.54) is 18.2 Å². The highest BCUT2D eigenvalue weighted by Gasteiger charge is 2.25. The smallest absolute Gasteiger partial charge is 0.251 e. The molecule has 0 bridgehead atoms. The summed E-state index contributed by atoms with van der Waals surface area (Å²) in [6.07, 6.45) is 4.41. The van der Waals surface area contributed by atoms with Crippen LogP contribution in [0.5, 0.6) is 0 Å². The molecule has 0 saturated heterocycles. The average Bonchev–Trinajstić information content (AvgIpc) is 2.94. The molecule has 7 nitrogen and oxygen atoms in total. The second-order valence-corrected chi connectivity index (χ2v) is 9.45. The number of nitrogens with zero attached hydrogens (tertiary/aromatic N) is 2. The van der Waals surface area contributed by atoms with Crippen LogP contribution in [0, 0.1) is 6.92 Å². The molecule has 2 rings (SSSR count). The van der Waals surface area contributed by atoms with E-state index in [4.69, 9.17) is 11.6 Å². The van der Waals surface area contributed by atoms with Crippen LogP contribution in [0.25, 0.3) is 0 Å². The zero-order valence-electron chi connectivity index (χ0n) is 15.9. The van der Waals surface area contributed by atoms with Crippen molar-refractivity contribution in [3.8, 4) is 0 Å². The summed E-state index contributed by atoms with van der Waals surface area (Å²) in [5.41, 5.74) is 0.659. The van der Waals surface area contributed by atoms with Crippen LogP contribution in [0.3, 0.4) is 0 Å². The standard InChI is InChI=1S/C18H25ClN4O3S/c1-13-11-21-23(12-13)9-5-8-20-17(24)14-6-7-15(19)16(10-14)27(25,26)22-18(2,3)4/h6-7,10-12,22H,5,8-9H2,1-4H3,(H,20,24). The molecule has 0 saturated carbocycles. The molecule has 0 spiro atoms. The fourth-order valence-electron chi connectivity index (χ4n) is 2.44. The second kappa shape index (κ2) is 8.41. The van der Waals surface area contributed by atoms with Crippen molar-refractivity contribution >= 4 is 27.5 Å². The number of aromatic nitrogens is 2. The van der Waals surface area contributed by atoms with Gasteiger partial charge in [-0.1, -0.05) is 11.6 Å². The zero-order valence-corrected chi connectivity index (χ0v) is 17.5. The minimum Gasteiger partial charge on any atom is -0.352 e. The summed E-state index contributed by atoms with van der Waals surface area (Å²) in [5, 5.41) is 7.03. The van der Waals surface area contributed by atoms with Gasteiger partial charge >= 0.3 is 0 Å². The van der Waals surface area contributed by atoms with Gasteiger partial charge in [0.25, 0.3) is 5.91 Å². The van der Waals surface area contributed by atoms with Gasteiger partial charge in [-0.05, 0) is 57.9 Å². The van der Waals surface area contributed by atoms with Crippen LogP contribution in [-0.2, 0) is 16.6 Å². The minimum absolute atomic E-state index is 0.0670. The fourth-order valence-corrected chi connectivity index (χ4v) is 4.39. The Labute approximate surface area is 165 Å². The van der Waals surface area contributed by atoms with E-state index < -0.39 is 15.6 Å². The lowest BCUT2D eigenvalue weighted by molar-refractivity contribution is 0.0952. The number of carbonyl (C=O) groups is 1. The van der Waals surface area contributed by atoms with Crippen LogP contribution in [-0.4, -0.2) is 36.2 Å². The van der Waals surface area contributed by atoms with Crippen molar-refractivity contribution in [2.24, 2.45) is 0 Å². The highest BCUT2D eigenvalue weighted by molar-refractivity contribution is 7.89. The van der Waals surface area contributed by atoms with E-state index in [9.17, 15) is 13.2 Å². The van der Waals surface area contributed by atoms with Gasteiger partial charge in [-0.3, -0.25) is 9.48 Å².